The Hall–Kier alpha value is -5.20. The first-order valence-corrected chi connectivity index (χ1v) is 15.9. The Morgan fingerprint density at radius 2 is 1.71 bits per heavy atom. The number of fused-ring (bicyclic) bond motifs is 2. The van der Waals surface area contributed by atoms with Gasteiger partial charge < -0.3 is 20.3 Å². The van der Waals surface area contributed by atoms with Crippen LogP contribution in [0.25, 0.3) is 5.65 Å². The number of benzene rings is 2. The molecule has 2 aliphatic rings. The topological polar surface area (TPSA) is 135 Å². The number of hydrogen-bond acceptors (Lipinski definition) is 7. The summed E-state index contributed by atoms with van der Waals surface area (Å²) in [5, 5.41) is 10.1. The van der Waals surface area contributed by atoms with Gasteiger partial charge in [0.1, 0.15) is 17.0 Å². The molecule has 1 fully saturated rings. The highest BCUT2D eigenvalue weighted by atomic mass is 19.2. The van der Waals surface area contributed by atoms with Crippen LogP contribution in [0.2, 0.25) is 0 Å². The third-order valence-corrected chi connectivity index (χ3v) is 8.56. The quantitative estimate of drug-likeness (QED) is 0.271. The largest absolute Gasteiger partial charge is 0.456 e. The first-order valence-electron chi connectivity index (χ1n) is 15.9. The van der Waals surface area contributed by atoms with Gasteiger partial charge >= 0.3 is 5.97 Å². The Labute approximate surface area is 275 Å². The van der Waals surface area contributed by atoms with E-state index in [1.807, 2.05) is 33.8 Å². The van der Waals surface area contributed by atoms with E-state index in [-0.39, 0.29) is 35.2 Å². The fourth-order valence-electron chi connectivity index (χ4n) is 6.18. The normalized spacial score (nSPS) is 15.8. The third-order valence-electron chi connectivity index (χ3n) is 8.56. The maximum absolute atomic E-state index is 13.9. The van der Waals surface area contributed by atoms with Gasteiger partial charge in [-0.3, -0.25) is 14.4 Å². The molecule has 48 heavy (non-hydrogen) atoms. The molecule has 250 valence electrons. The van der Waals surface area contributed by atoms with Crippen molar-refractivity contribution >= 4 is 29.3 Å². The van der Waals surface area contributed by atoms with Crippen LogP contribution in [-0.4, -0.2) is 61.9 Å². The zero-order valence-electron chi connectivity index (χ0n) is 27.2. The van der Waals surface area contributed by atoms with E-state index in [1.54, 1.807) is 11.0 Å². The van der Waals surface area contributed by atoms with Crippen molar-refractivity contribution in [1.29, 1.82) is 0 Å². The molecule has 4 aromatic rings. The molecule has 2 N–H and O–H groups in total. The summed E-state index contributed by atoms with van der Waals surface area (Å²) in [5.41, 5.74) is 2.84. The standard InChI is InChI=1S/C35H36F2N6O5/c1-19-21-10-12-26(23(21)9-8-22(19)34(47)48-35(2,3)4)40-32(45)29-16-27(31(44)38-18-20-7-11-24(36)25(37)15-20)39-30-17-28(41-43(29)30)33(46)42-13-5-6-14-42/h7-9,11,15-17,26H,5-6,10,12-14,18H2,1-4H3,(H,38,44)(H,40,45)/t26-/m0/s1. The minimum absolute atomic E-state index is 0.0194. The Morgan fingerprint density at radius 3 is 2.42 bits per heavy atom. The monoisotopic (exact) mass is 658 g/mol. The van der Waals surface area contributed by atoms with Crippen molar-refractivity contribution in [2.75, 3.05) is 13.1 Å². The molecular formula is C35H36F2N6O5. The summed E-state index contributed by atoms with van der Waals surface area (Å²) >= 11 is 0. The first kappa shape index (κ1) is 32.7. The average molecular weight is 659 g/mol. The Balaban J connectivity index is 1.29. The van der Waals surface area contributed by atoms with Gasteiger partial charge in [0.15, 0.2) is 23.0 Å². The number of amides is 3. The number of carbonyl (C=O) groups is 4. The molecule has 1 aliphatic heterocycles. The average Bonchev–Trinajstić information content (AvgIpc) is 3.80. The fraction of sp³-hybridized carbons (Fsp3) is 0.371. The van der Waals surface area contributed by atoms with Crippen molar-refractivity contribution in [2.45, 2.75) is 71.6 Å². The zero-order valence-corrected chi connectivity index (χ0v) is 27.2. The van der Waals surface area contributed by atoms with Crippen molar-refractivity contribution in [3.05, 3.63) is 99.0 Å². The van der Waals surface area contributed by atoms with E-state index in [2.05, 4.69) is 20.7 Å². The predicted octanol–water partition coefficient (Wildman–Crippen LogP) is 4.85. The highest BCUT2D eigenvalue weighted by Crippen LogP contribution is 2.35. The van der Waals surface area contributed by atoms with Gasteiger partial charge in [0.2, 0.25) is 0 Å². The number of hydrogen-bond donors (Lipinski definition) is 2. The van der Waals surface area contributed by atoms with Gasteiger partial charge in [0.05, 0.1) is 11.6 Å². The van der Waals surface area contributed by atoms with Crippen molar-refractivity contribution in [1.82, 2.24) is 30.1 Å². The van der Waals surface area contributed by atoms with Gasteiger partial charge in [-0.15, -0.1) is 0 Å². The van der Waals surface area contributed by atoms with Gasteiger partial charge in [-0.1, -0.05) is 12.1 Å². The molecule has 1 saturated heterocycles. The molecule has 2 aromatic heterocycles. The molecule has 6 rings (SSSR count). The van der Waals surface area contributed by atoms with E-state index < -0.39 is 41.1 Å². The van der Waals surface area contributed by atoms with Crippen LogP contribution in [0.3, 0.4) is 0 Å². The van der Waals surface area contributed by atoms with Crippen LogP contribution >= 0.6 is 0 Å². The summed E-state index contributed by atoms with van der Waals surface area (Å²) in [5.74, 6) is -3.97. The Morgan fingerprint density at radius 1 is 0.958 bits per heavy atom. The lowest BCUT2D eigenvalue weighted by Crippen LogP contribution is -2.31. The number of ether oxygens (including phenoxy) is 1. The summed E-state index contributed by atoms with van der Waals surface area (Å²) in [6, 6.07) is 9.15. The Bertz CT molecular complexity index is 1960. The molecule has 13 heteroatoms. The summed E-state index contributed by atoms with van der Waals surface area (Å²) in [6.45, 7) is 8.36. The van der Waals surface area contributed by atoms with E-state index in [0.29, 0.717) is 37.1 Å². The lowest BCUT2D eigenvalue weighted by molar-refractivity contribution is 0.00682. The summed E-state index contributed by atoms with van der Waals surface area (Å²) in [6.07, 6.45) is 2.97. The Kier molecular flexibility index (Phi) is 8.71. The lowest BCUT2D eigenvalue weighted by Gasteiger charge is -2.21. The molecule has 0 saturated carbocycles. The second kappa shape index (κ2) is 12.8. The van der Waals surface area contributed by atoms with Crippen LogP contribution in [0.15, 0.2) is 42.5 Å². The number of likely N-dealkylation sites (tertiary alicyclic amines) is 1. The van der Waals surface area contributed by atoms with Crippen LogP contribution in [0.5, 0.6) is 0 Å². The van der Waals surface area contributed by atoms with Gasteiger partial charge in [-0.05, 0) is 93.8 Å². The second-order valence-electron chi connectivity index (χ2n) is 13.1. The van der Waals surface area contributed by atoms with Crippen LogP contribution in [0.1, 0.15) is 110 Å². The molecule has 1 aliphatic carbocycles. The number of nitrogens with one attached hydrogen (secondary N) is 2. The molecule has 2 aromatic carbocycles. The van der Waals surface area contributed by atoms with Gasteiger partial charge in [-0.2, -0.15) is 5.10 Å². The molecule has 11 nitrogen and oxygen atoms in total. The molecule has 0 bridgehead atoms. The number of nitrogens with zero attached hydrogens (tertiary/aromatic N) is 4. The first-order chi connectivity index (χ1) is 22.8. The summed E-state index contributed by atoms with van der Waals surface area (Å²) in [4.78, 5) is 59.2. The molecular weight excluding hydrogens is 622 g/mol. The van der Waals surface area contributed by atoms with Crippen molar-refractivity contribution < 1.29 is 32.7 Å². The van der Waals surface area contributed by atoms with Gasteiger partial charge in [0, 0.05) is 31.8 Å². The summed E-state index contributed by atoms with van der Waals surface area (Å²) < 4.78 is 33.9. The number of aromatic nitrogens is 3. The predicted molar refractivity (Wildman–Crippen MR) is 171 cm³/mol. The molecule has 0 radical (unpaired) electrons. The SMILES string of the molecule is Cc1c(C(=O)OC(C)(C)C)ccc2c1CC[C@@H]2NC(=O)c1cc(C(=O)NCc2ccc(F)c(F)c2)nc2cc(C(=O)N3CCCC3)nn12. The number of rotatable bonds is 7. The molecule has 3 amide bonds. The number of halogens is 2. The van der Waals surface area contributed by atoms with E-state index in [1.165, 1.54) is 22.7 Å². The van der Waals surface area contributed by atoms with Crippen molar-refractivity contribution in [2.24, 2.45) is 0 Å². The maximum Gasteiger partial charge on any atom is 0.338 e. The smallest absolute Gasteiger partial charge is 0.338 e. The molecule has 0 spiro atoms. The summed E-state index contributed by atoms with van der Waals surface area (Å²) in [7, 11) is 0. The van der Waals surface area contributed by atoms with Gasteiger partial charge in [-0.25, -0.2) is 23.1 Å². The number of esters is 1. The van der Waals surface area contributed by atoms with Crippen molar-refractivity contribution in [3.8, 4) is 0 Å². The van der Waals surface area contributed by atoms with E-state index >= 15 is 0 Å². The zero-order chi connectivity index (χ0) is 34.3. The molecule has 1 atom stereocenters. The van der Waals surface area contributed by atoms with E-state index in [9.17, 15) is 28.0 Å². The molecule has 0 unspecified atom stereocenters. The highest BCUT2D eigenvalue weighted by molar-refractivity contribution is 5.99. The maximum atomic E-state index is 13.9. The van der Waals surface area contributed by atoms with Crippen LogP contribution in [0.4, 0.5) is 8.78 Å². The van der Waals surface area contributed by atoms with Crippen LogP contribution < -0.4 is 10.6 Å². The van der Waals surface area contributed by atoms with Crippen LogP contribution in [-0.2, 0) is 17.7 Å². The highest BCUT2D eigenvalue weighted by Gasteiger charge is 2.31. The second-order valence-corrected chi connectivity index (χ2v) is 13.1. The van der Waals surface area contributed by atoms with Crippen LogP contribution in [0, 0.1) is 18.6 Å². The van der Waals surface area contributed by atoms with Gasteiger partial charge in [0.25, 0.3) is 17.7 Å². The third kappa shape index (κ3) is 6.62. The molecule has 3 heterocycles. The van der Waals surface area contributed by atoms with E-state index in [0.717, 1.165) is 41.7 Å². The fourth-order valence-corrected chi connectivity index (χ4v) is 6.18. The van der Waals surface area contributed by atoms with Crippen molar-refractivity contribution in [3.63, 3.8) is 0 Å². The lowest BCUT2D eigenvalue weighted by atomic mass is 9.97. The van der Waals surface area contributed by atoms with E-state index in [4.69, 9.17) is 4.74 Å². The minimum atomic E-state index is -1.04. The number of carbonyl (C=O) groups excluding carboxylic acids is 4. The minimum Gasteiger partial charge on any atom is -0.456 e.